The van der Waals surface area contributed by atoms with Crippen LogP contribution in [0.5, 0.6) is 0 Å². The molecule has 1 heterocycles. The average Bonchev–Trinajstić information content (AvgIpc) is 2.99. The second-order valence-corrected chi connectivity index (χ2v) is 5.84. The predicted molar refractivity (Wildman–Crippen MR) is 62.9 cm³/mol. The predicted octanol–water partition coefficient (Wildman–Crippen LogP) is 2.41. The van der Waals surface area contributed by atoms with Crippen LogP contribution in [0, 0.1) is 5.92 Å². The van der Waals surface area contributed by atoms with Crippen LogP contribution in [0.25, 0.3) is 0 Å². The van der Waals surface area contributed by atoms with E-state index in [0.29, 0.717) is 6.04 Å². The molecule has 0 aromatic rings. The average molecular weight is 211 g/mol. The first-order valence-corrected chi connectivity index (χ1v) is 6.55. The van der Waals surface area contributed by atoms with E-state index in [4.69, 9.17) is 0 Å². The van der Waals surface area contributed by atoms with Crippen molar-refractivity contribution in [1.82, 2.24) is 4.90 Å². The van der Waals surface area contributed by atoms with Gasteiger partial charge in [0, 0.05) is 19.1 Å². The Labute approximate surface area is 93.7 Å². The van der Waals surface area contributed by atoms with Crippen molar-refractivity contribution in [3.05, 3.63) is 0 Å². The molecule has 0 spiro atoms. The van der Waals surface area contributed by atoms with Gasteiger partial charge >= 0.3 is 0 Å². The van der Waals surface area contributed by atoms with Crippen LogP contribution in [0.1, 0.15) is 52.4 Å². The molecule has 0 atom stereocenters. The molecule has 1 aliphatic heterocycles. The van der Waals surface area contributed by atoms with Crippen molar-refractivity contribution < 1.29 is 5.11 Å². The number of hydrogen-bond donors (Lipinski definition) is 1. The number of likely N-dealkylation sites (tertiary alicyclic amines) is 1. The maximum Gasteiger partial charge on any atom is 0.0672 e. The number of rotatable bonds is 4. The summed E-state index contributed by atoms with van der Waals surface area (Å²) in [6.07, 6.45) is 7.10. The van der Waals surface area contributed by atoms with E-state index in [2.05, 4.69) is 18.7 Å². The van der Waals surface area contributed by atoms with Gasteiger partial charge in [0.1, 0.15) is 0 Å². The Balaban J connectivity index is 1.74. The molecular weight excluding hydrogens is 186 g/mol. The zero-order chi connectivity index (χ0) is 10.9. The maximum atomic E-state index is 10.4. The largest absolute Gasteiger partial charge is 0.390 e. The van der Waals surface area contributed by atoms with Gasteiger partial charge in [-0.15, -0.1) is 0 Å². The summed E-state index contributed by atoms with van der Waals surface area (Å²) < 4.78 is 0. The molecule has 1 saturated carbocycles. The van der Waals surface area contributed by atoms with Gasteiger partial charge in [0.15, 0.2) is 0 Å². The molecule has 2 aliphatic rings. The molecule has 2 nitrogen and oxygen atoms in total. The van der Waals surface area contributed by atoms with Gasteiger partial charge in [-0.05, 0) is 45.4 Å². The van der Waals surface area contributed by atoms with Crippen LogP contribution in [0.15, 0.2) is 0 Å². The molecule has 2 fully saturated rings. The lowest BCUT2D eigenvalue weighted by atomic mass is 9.86. The molecule has 0 bridgehead atoms. The van der Waals surface area contributed by atoms with Gasteiger partial charge in [-0.2, -0.15) is 0 Å². The topological polar surface area (TPSA) is 23.5 Å². The molecule has 1 N–H and O–H groups in total. The van der Waals surface area contributed by atoms with Crippen molar-refractivity contribution in [2.75, 3.05) is 13.1 Å². The molecular formula is C13H25NO. The van der Waals surface area contributed by atoms with E-state index in [-0.39, 0.29) is 5.60 Å². The van der Waals surface area contributed by atoms with Crippen LogP contribution in [0.4, 0.5) is 0 Å². The smallest absolute Gasteiger partial charge is 0.0672 e. The molecule has 88 valence electrons. The molecule has 1 aliphatic carbocycles. The lowest BCUT2D eigenvalue weighted by molar-refractivity contribution is -0.0358. The van der Waals surface area contributed by atoms with E-state index in [1.807, 2.05) is 0 Å². The number of aliphatic hydroxyl groups is 1. The first-order valence-electron chi connectivity index (χ1n) is 6.55. The van der Waals surface area contributed by atoms with Gasteiger partial charge < -0.3 is 10.0 Å². The SMILES string of the molecule is CC(C)N1CCC(O)(CCC2CC2)CC1. The van der Waals surface area contributed by atoms with E-state index in [9.17, 15) is 5.11 Å². The van der Waals surface area contributed by atoms with Crippen molar-refractivity contribution in [3.8, 4) is 0 Å². The zero-order valence-electron chi connectivity index (χ0n) is 10.2. The van der Waals surface area contributed by atoms with Crippen LogP contribution in [-0.2, 0) is 0 Å². The van der Waals surface area contributed by atoms with Crippen LogP contribution in [0.2, 0.25) is 0 Å². The van der Waals surface area contributed by atoms with Crippen LogP contribution < -0.4 is 0 Å². The summed E-state index contributed by atoms with van der Waals surface area (Å²) in [6, 6.07) is 0.637. The maximum absolute atomic E-state index is 10.4. The molecule has 2 rings (SSSR count). The van der Waals surface area contributed by atoms with Crippen molar-refractivity contribution in [2.24, 2.45) is 5.92 Å². The molecule has 0 radical (unpaired) electrons. The van der Waals surface area contributed by atoms with E-state index in [1.165, 1.54) is 19.3 Å². The minimum Gasteiger partial charge on any atom is -0.390 e. The summed E-state index contributed by atoms with van der Waals surface area (Å²) in [5.74, 6) is 0.956. The van der Waals surface area contributed by atoms with E-state index < -0.39 is 0 Å². The van der Waals surface area contributed by atoms with E-state index in [1.54, 1.807) is 0 Å². The number of nitrogens with zero attached hydrogens (tertiary/aromatic N) is 1. The molecule has 0 aromatic carbocycles. The Kier molecular flexibility index (Phi) is 3.36. The Morgan fingerprint density at radius 3 is 2.33 bits per heavy atom. The summed E-state index contributed by atoms with van der Waals surface area (Å²) in [6.45, 7) is 6.65. The Morgan fingerprint density at radius 2 is 1.87 bits per heavy atom. The van der Waals surface area contributed by atoms with Gasteiger partial charge in [-0.25, -0.2) is 0 Å². The molecule has 0 amide bonds. The normalized spacial score (nSPS) is 27.2. The second kappa shape index (κ2) is 4.42. The highest BCUT2D eigenvalue weighted by Gasteiger charge is 2.34. The fourth-order valence-electron chi connectivity index (χ4n) is 2.59. The quantitative estimate of drug-likeness (QED) is 0.772. The highest BCUT2D eigenvalue weighted by Crippen LogP contribution is 2.37. The van der Waals surface area contributed by atoms with Crippen LogP contribution in [-0.4, -0.2) is 34.7 Å². The van der Waals surface area contributed by atoms with Gasteiger partial charge in [0.2, 0.25) is 0 Å². The van der Waals surface area contributed by atoms with Crippen LogP contribution in [0.3, 0.4) is 0 Å². The fourth-order valence-corrected chi connectivity index (χ4v) is 2.59. The van der Waals surface area contributed by atoms with Crippen LogP contribution >= 0.6 is 0 Å². The summed E-state index contributed by atoms with van der Waals surface area (Å²) in [4.78, 5) is 2.48. The minimum atomic E-state index is -0.325. The first kappa shape index (κ1) is 11.4. The van der Waals surface area contributed by atoms with Crippen molar-refractivity contribution >= 4 is 0 Å². The minimum absolute atomic E-state index is 0.325. The van der Waals surface area contributed by atoms with E-state index >= 15 is 0 Å². The Hall–Kier alpha value is -0.0800. The van der Waals surface area contributed by atoms with Gasteiger partial charge in [-0.1, -0.05) is 12.8 Å². The lowest BCUT2D eigenvalue weighted by Crippen LogP contribution is -2.46. The Bertz CT molecular complexity index is 203. The summed E-state index contributed by atoms with van der Waals surface area (Å²) in [7, 11) is 0. The monoisotopic (exact) mass is 211 g/mol. The lowest BCUT2D eigenvalue weighted by Gasteiger charge is -2.40. The second-order valence-electron chi connectivity index (χ2n) is 5.84. The van der Waals surface area contributed by atoms with Gasteiger partial charge in [0.05, 0.1) is 5.60 Å². The first-order chi connectivity index (χ1) is 7.09. The van der Waals surface area contributed by atoms with Gasteiger partial charge in [-0.3, -0.25) is 0 Å². The third-order valence-electron chi connectivity index (χ3n) is 4.17. The zero-order valence-corrected chi connectivity index (χ0v) is 10.2. The standard InChI is InChI=1S/C13H25NO/c1-11(2)14-9-7-13(15,8-10-14)6-5-12-3-4-12/h11-12,15H,3-10H2,1-2H3. The fraction of sp³-hybridized carbons (Fsp3) is 1.00. The molecule has 1 saturated heterocycles. The molecule has 15 heavy (non-hydrogen) atoms. The van der Waals surface area contributed by atoms with E-state index in [0.717, 1.165) is 38.3 Å². The molecule has 2 heteroatoms. The number of hydrogen-bond acceptors (Lipinski definition) is 2. The Morgan fingerprint density at radius 1 is 1.27 bits per heavy atom. The van der Waals surface area contributed by atoms with Crippen molar-refractivity contribution in [3.63, 3.8) is 0 Å². The summed E-state index contributed by atoms with van der Waals surface area (Å²) >= 11 is 0. The summed E-state index contributed by atoms with van der Waals surface area (Å²) in [5, 5.41) is 10.4. The third-order valence-corrected chi connectivity index (χ3v) is 4.17. The number of piperidine rings is 1. The third kappa shape index (κ3) is 3.18. The van der Waals surface area contributed by atoms with Crippen molar-refractivity contribution in [1.29, 1.82) is 0 Å². The van der Waals surface area contributed by atoms with Gasteiger partial charge in [0.25, 0.3) is 0 Å². The molecule has 0 aromatic heterocycles. The highest BCUT2D eigenvalue weighted by molar-refractivity contribution is 4.88. The van der Waals surface area contributed by atoms with Crippen molar-refractivity contribution in [2.45, 2.75) is 64.0 Å². The summed E-state index contributed by atoms with van der Waals surface area (Å²) in [5.41, 5.74) is -0.325. The highest BCUT2D eigenvalue weighted by atomic mass is 16.3. The molecule has 0 unspecified atom stereocenters.